The van der Waals surface area contributed by atoms with E-state index in [4.69, 9.17) is 0 Å². The van der Waals surface area contributed by atoms with Crippen LogP contribution in [0.15, 0.2) is 36.7 Å². The Morgan fingerprint density at radius 1 is 1.22 bits per heavy atom. The minimum Gasteiger partial charge on any atom is -0.388 e. The number of aryl methyl sites for hydroxylation is 1. The van der Waals surface area contributed by atoms with E-state index in [0.29, 0.717) is 11.1 Å². The van der Waals surface area contributed by atoms with Gasteiger partial charge in [0.2, 0.25) is 0 Å². The van der Waals surface area contributed by atoms with Gasteiger partial charge in [0.15, 0.2) is 11.6 Å². The normalized spacial score (nSPS) is 12.4. The molecule has 0 aliphatic rings. The van der Waals surface area contributed by atoms with E-state index in [-0.39, 0.29) is 6.42 Å². The van der Waals surface area contributed by atoms with Crippen molar-refractivity contribution in [2.75, 3.05) is 0 Å². The molecule has 1 aromatic carbocycles. The molecule has 0 amide bonds. The van der Waals surface area contributed by atoms with Crippen LogP contribution in [0.1, 0.15) is 22.8 Å². The first-order valence-electron chi connectivity index (χ1n) is 5.60. The Kier molecular flexibility index (Phi) is 3.67. The van der Waals surface area contributed by atoms with Crippen molar-refractivity contribution in [1.82, 2.24) is 4.98 Å². The Morgan fingerprint density at radius 2 is 2.00 bits per heavy atom. The molecule has 2 rings (SSSR count). The van der Waals surface area contributed by atoms with Gasteiger partial charge < -0.3 is 5.11 Å². The first-order valence-corrected chi connectivity index (χ1v) is 5.60. The summed E-state index contributed by atoms with van der Waals surface area (Å²) in [6.07, 6.45) is 2.68. The van der Waals surface area contributed by atoms with Gasteiger partial charge in [-0.05, 0) is 36.2 Å². The zero-order valence-electron chi connectivity index (χ0n) is 9.90. The lowest BCUT2D eigenvalue weighted by atomic mass is 9.99. The molecule has 2 nitrogen and oxygen atoms in total. The van der Waals surface area contributed by atoms with Crippen molar-refractivity contribution in [1.29, 1.82) is 0 Å². The molecule has 0 aliphatic heterocycles. The van der Waals surface area contributed by atoms with E-state index in [9.17, 15) is 13.9 Å². The molecule has 1 N–H and O–H groups in total. The Balaban J connectivity index is 2.19. The van der Waals surface area contributed by atoms with Crippen LogP contribution in [-0.4, -0.2) is 10.1 Å². The highest BCUT2D eigenvalue weighted by Crippen LogP contribution is 2.21. The number of nitrogens with zero attached hydrogens (tertiary/aromatic N) is 1. The summed E-state index contributed by atoms with van der Waals surface area (Å²) in [6.45, 7) is 1.87. The number of rotatable bonds is 3. The maximum absolute atomic E-state index is 13.0. The molecule has 2 aromatic rings. The lowest BCUT2D eigenvalue weighted by molar-refractivity contribution is 0.177. The number of benzene rings is 1. The molecule has 1 heterocycles. The van der Waals surface area contributed by atoms with Crippen molar-refractivity contribution >= 4 is 0 Å². The van der Waals surface area contributed by atoms with Crippen LogP contribution >= 0.6 is 0 Å². The van der Waals surface area contributed by atoms with Crippen molar-refractivity contribution in [3.05, 3.63) is 65.0 Å². The molecule has 0 fully saturated rings. The van der Waals surface area contributed by atoms with Crippen molar-refractivity contribution in [3.63, 3.8) is 0 Å². The van der Waals surface area contributed by atoms with E-state index in [1.807, 2.05) is 6.92 Å². The van der Waals surface area contributed by atoms with Gasteiger partial charge in [0.1, 0.15) is 0 Å². The third-order valence-electron chi connectivity index (χ3n) is 2.85. The van der Waals surface area contributed by atoms with Gasteiger partial charge in [-0.2, -0.15) is 0 Å². The van der Waals surface area contributed by atoms with Crippen molar-refractivity contribution in [2.24, 2.45) is 0 Å². The smallest absolute Gasteiger partial charge is 0.159 e. The zero-order valence-corrected chi connectivity index (χ0v) is 9.90. The van der Waals surface area contributed by atoms with Crippen LogP contribution in [0.25, 0.3) is 0 Å². The lowest BCUT2D eigenvalue weighted by Gasteiger charge is -2.13. The highest BCUT2D eigenvalue weighted by molar-refractivity contribution is 5.27. The topological polar surface area (TPSA) is 33.1 Å². The highest BCUT2D eigenvalue weighted by Gasteiger charge is 2.12. The summed E-state index contributed by atoms with van der Waals surface area (Å²) in [5.74, 6) is -1.78. The largest absolute Gasteiger partial charge is 0.388 e. The number of aliphatic hydroxyl groups is 1. The van der Waals surface area contributed by atoms with E-state index in [0.717, 1.165) is 17.7 Å². The van der Waals surface area contributed by atoms with E-state index in [1.54, 1.807) is 18.5 Å². The molecule has 0 saturated heterocycles. The fraction of sp³-hybridized carbons (Fsp3) is 0.214. The average molecular weight is 249 g/mol. The molecule has 1 aromatic heterocycles. The van der Waals surface area contributed by atoms with Gasteiger partial charge >= 0.3 is 0 Å². The Bertz CT molecular complexity index is 557. The monoisotopic (exact) mass is 249 g/mol. The van der Waals surface area contributed by atoms with Gasteiger partial charge in [-0.25, -0.2) is 8.78 Å². The number of hydrogen-bond donors (Lipinski definition) is 1. The van der Waals surface area contributed by atoms with Crippen LogP contribution in [-0.2, 0) is 6.42 Å². The Morgan fingerprint density at radius 3 is 2.67 bits per heavy atom. The van der Waals surface area contributed by atoms with Crippen LogP contribution in [0.5, 0.6) is 0 Å². The fourth-order valence-corrected chi connectivity index (χ4v) is 1.82. The SMILES string of the molecule is Cc1ccncc1C(O)Cc1ccc(F)c(F)c1. The molecule has 0 spiro atoms. The molecular weight excluding hydrogens is 236 g/mol. The zero-order chi connectivity index (χ0) is 13.1. The summed E-state index contributed by atoms with van der Waals surface area (Å²) in [4.78, 5) is 3.95. The second-order valence-corrected chi connectivity index (χ2v) is 4.20. The summed E-state index contributed by atoms with van der Waals surface area (Å²) in [5, 5.41) is 10.1. The van der Waals surface area contributed by atoms with Crippen molar-refractivity contribution in [2.45, 2.75) is 19.4 Å². The molecule has 94 valence electrons. The summed E-state index contributed by atoms with van der Waals surface area (Å²) < 4.78 is 25.8. The van der Waals surface area contributed by atoms with E-state index < -0.39 is 17.7 Å². The standard InChI is InChI=1S/C14H13F2NO/c1-9-4-5-17-8-11(9)14(18)7-10-2-3-12(15)13(16)6-10/h2-6,8,14,18H,7H2,1H3. The summed E-state index contributed by atoms with van der Waals surface area (Å²) in [5.41, 5.74) is 2.16. The molecule has 4 heteroatoms. The van der Waals surface area contributed by atoms with Gasteiger partial charge in [0.05, 0.1) is 6.10 Å². The van der Waals surface area contributed by atoms with Crippen LogP contribution in [0.3, 0.4) is 0 Å². The quantitative estimate of drug-likeness (QED) is 0.907. The van der Waals surface area contributed by atoms with Crippen LogP contribution in [0.4, 0.5) is 8.78 Å². The first kappa shape index (κ1) is 12.6. The van der Waals surface area contributed by atoms with Gasteiger partial charge in [0, 0.05) is 24.4 Å². The minimum atomic E-state index is -0.900. The van der Waals surface area contributed by atoms with E-state index >= 15 is 0 Å². The second kappa shape index (κ2) is 5.23. The van der Waals surface area contributed by atoms with Crippen LogP contribution < -0.4 is 0 Å². The second-order valence-electron chi connectivity index (χ2n) is 4.20. The number of aliphatic hydroxyl groups excluding tert-OH is 1. The van der Waals surface area contributed by atoms with E-state index in [2.05, 4.69) is 4.98 Å². The highest BCUT2D eigenvalue weighted by atomic mass is 19.2. The molecule has 1 unspecified atom stereocenters. The van der Waals surface area contributed by atoms with Crippen molar-refractivity contribution in [3.8, 4) is 0 Å². The number of pyridine rings is 1. The Labute approximate surface area is 104 Å². The maximum Gasteiger partial charge on any atom is 0.159 e. The molecule has 0 saturated carbocycles. The number of aromatic nitrogens is 1. The van der Waals surface area contributed by atoms with Gasteiger partial charge in [0.25, 0.3) is 0 Å². The summed E-state index contributed by atoms with van der Waals surface area (Å²) in [6, 6.07) is 5.43. The third kappa shape index (κ3) is 2.71. The van der Waals surface area contributed by atoms with Crippen molar-refractivity contribution < 1.29 is 13.9 Å². The summed E-state index contributed by atoms with van der Waals surface area (Å²) in [7, 11) is 0. The van der Waals surface area contributed by atoms with Gasteiger partial charge in [-0.3, -0.25) is 4.98 Å². The average Bonchev–Trinajstić information content (AvgIpc) is 2.34. The molecule has 18 heavy (non-hydrogen) atoms. The van der Waals surface area contributed by atoms with Gasteiger partial charge in [-0.1, -0.05) is 6.07 Å². The molecule has 0 bridgehead atoms. The fourth-order valence-electron chi connectivity index (χ4n) is 1.82. The third-order valence-corrected chi connectivity index (χ3v) is 2.85. The molecular formula is C14H13F2NO. The van der Waals surface area contributed by atoms with Gasteiger partial charge in [-0.15, -0.1) is 0 Å². The van der Waals surface area contributed by atoms with Crippen LogP contribution in [0, 0.1) is 18.6 Å². The maximum atomic E-state index is 13.0. The Hall–Kier alpha value is -1.81. The predicted molar refractivity (Wildman–Crippen MR) is 64.0 cm³/mol. The van der Waals surface area contributed by atoms with E-state index in [1.165, 1.54) is 6.07 Å². The minimum absolute atomic E-state index is 0.226. The molecule has 0 aliphatic carbocycles. The number of halogens is 2. The first-order chi connectivity index (χ1) is 8.58. The molecule has 1 atom stereocenters. The number of hydrogen-bond acceptors (Lipinski definition) is 2. The lowest BCUT2D eigenvalue weighted by Crippen LogP contribution is -2.05. The predicted octanol–water partition coefficient (Wildman–Crippen LogP) is 2.94. The molecule has 0 radical (unpaired) electrons. The summed E-state index contributed by atoms with van der Waals surface area (Å²) >= 11 is 0. The van der Waals surface area contributed by atoms with Crippen LogP contribution in [0.2, 0.25) is 0 Å².